The second-order valence-corrected chi connectivity index (χ2v) is 9.32. The molecule has 3 aromatic rings. The zero-order valence-corrected chi connectivity index (χ0v) is 19.8. The summed E-state index contributed by atoms with van der Waals surface area (Å²) >= 11 is 0. The zero-order chi connectivity index (χ0) is 24.9. The van der Waals surface area contributed by atoms with E-state index in [1.807, 2.05) is 6.92 Å². The Kier molecular flexibility index (Phi) is 8.14. The number of aliphatic hydroxyl groups is 1. The molecule has 4 rings (SSSR count). The van der Waals surface area contributed by atoms with E-state index in [4.69, 9.17) is 4.74 Å². The SMILES string of the molecule is CCCC(O)c1ccc(-c2ccc(C3CCC(OCc4ccc(O)cc4F)CC3)c(F)c2F)cc1. The average molecular weight is 485 g/mol. The molecule has 3 nitrogen and oxygen atoms in total. The van der Waals surface area contributed by atoms with Gasteiger partial charge in [0.2, 0.25) is 0 Å². The van der Waals surface area contributed by atoms with Crippen molar-refractivity contribution in [3.8, 4) is 16.9 Å². The van der Waals surface area contributed by atoms with E-state index < -0.39 is 23.6 Å². The van der Waals surface area contributed by atoms with E-state index in [0.717, 1.165) is 18.1 Å². The van der Waals surface area contributed by atoms with Gasteiger partial charge in [0.15, 0.2) is 11.6 Å². The highest BCUT2D eigenvalue weighted by Gasteiger charge is 2.27. The predicted octanol–water partition coefficient (Wildman–Crippen LogP) is 7.55. The number of hydrogen-bond acceptors (Lipinski definition) is 3. The van der Waals surface area contributed by atoms with Crippen LogP contribution >= 0.6 is 0 Å². The third kappa shape index (κ3) is 5.88. The molecule has 35 heavy (non-hydrogen) atoms. The summed E-state index contributed by atoms with van der Waals surface area (Å²) in [5.41, 5.74) is 2.29. The predicted molar refractivity (Wildman–Crippen MR) is 130 cm³/mol. The first-order valence-electron chi connectivity index (χ1n) is 12.2. The number of phenols is 1. The molecule has 1 saturated carbocycles. The summed E-state index contributed by atoms with van der Waals surface area (Å²) in [4.78, 5) is 0. The van der Waals surface area contributed by atoms with Gasteiger partial charge in [-0.15, -0.1) is 0 Å². The summed E-state index contributed by atoms with van der Waals surface area (Å²) in [5.74, 6) is -2.41. The molecule has 1 unspecified atom stereocenters. The summed E-state index contributed by atoms with van der Waals surface area (Å²) in [6.07, 6.45) is 3.53. The number of aromatic hydroxyl groups is 1. The summed E-state index contributed by atoms with van der Waals surface area (Å²) in [5, 5.41) is 19.4. The molecule has 1 aliphatic carbocycles. The summed E-state index contributed by atoms with van der Waals surface area (Å²) in [6.45, 7) is 2.10. The van der Waals surface area contributed by atoms with Crippen molar-refractivity contribution < 1.29 is 28.1 Å². The van der Waals surface area contributed by atoms with Crippen LogP contribution in [0.5, 0.6) is 5.75 Å². The molecule has 6 heteroatoms. The Balaban J connectivity index is 1.38. The topological polar surface area (TPSA) is 49.7 Å². The number of aliphatic hydroxyl groups excluding tert-OH is 1. The molecular weight excluding hydrogens is 453 g/mol. The fourth-order valence-corrected chi connectivity index (χ4v) is 4.83. The molecule has 1 atom stereocenters. The second-order valence-electron chi connectivity index (χ2n) is 9.32. The van der Waals surface area contributed by atoms with E-state index in [-0.39, 0.29) is 29.9 Å². The monoisotopic (exact) mass is 484 g/mol. The maximum Gasteiger partial charge on any atom is 0.166 e. The first-order valence-corrected chi connectivity index (χ1v) is 12.2. The Bertz CT molecular complexity index is 1140. The van der Waals surface area contributed by atoms with Crippen LogP contribution in [-0.4, -0.2) is 16.3 Å². The van der Waals surface area contributed by atoms with Gasteiger partial charge in [-0.2, -0.15) is 0 Å². The van der Waals surface area contributed by atoms with Gasteiger partial charge in [0, 0.05) is 17.2 Å². The van der Waals surface area contributed by atoms with Crippen molar-refractivity contribution in [3.63, 3.8) is 0 Å². The quantitative estimate of drug-likeness (QED) is 0.347. The van der Waals surface area contributed by atoms with E-state index >= 15 is 8.78 Å². The van der Waals surface area contributed by atoms with Crippen molar-refractivity contribution >= 4 is 0 Å². The second kappa shape index (κ2) is 11.3. The lowest BCUT2D eigenvalue weighted by atomic mass is 9.82. The van der Waals surface area contributed by atoms with Crippen LogP contribution in [0.3, 0.4) is 0 Å². The van der Waals surface area contributed by atoms with Crippen LogP contribution in [0.25, 0.3) is 11.1 Å². The van der Waals surface area contributed by atoms with Crippen molar-refractivity contribution in [3.05, 3.63) is 88.7 Å². The van der Waals surface area contributed by atoms with Crippen LogP contribution in [0.15, 0.2) is 54.6 Å². The fraction of sp³-hybridized carbons (Fsp3) is 0.379. The van der Waals surface area contributed by atoms with Gasteiger partial charge in [0.25, 0.3) is 0 Å². The standard InChI is InChI=1S/C29H31F3O3/c1-2-3-27(34)20-6-4-18(5-7-20)24-14-15-25(29(32)28(24)31)19-9-12-23(13-10-19)35-17-21-8-11-22(33)16-26(21)30/h4-8,11,14-16,19,23,27,33-34H,2-3,9-10,12-13,17H2,1H3. The average Bonchev–Trinajstić information content (AvgIpc) is 2.86. The molecule has 0 spiro atoms. The molecule has 0 radical (unpaired) electrons. The molecule has 0 aliphatic heterocycles. The Hall–Kier alpha value is -2.83. The van der Waals surface area contributed by atoms with Crippen molar-refractivity contribution in [2.24, 2.45) is 0 Å². The highest BCUT2D eigenvalue weighted by molar-refractivity contribution is 5.65. The lowest BCUT2D eigenvalue weighted by Gasteiger charge is -2.29. The fourth-order valence-electron chi connectivity index (χ4n) is 4.83. The largest absolute Gasteiger partial charge is 0.508 e. The van der Waals surface area contributed by atoms with Crippen molar-refractivity contribution in [2.45, 2.75) is 70.2 Å². The van der Waals surface area contributed by atoms with Gasteiger partial charge in [-0.3, -0.25) is 0 Å². The number of hydrogen-bond donors (Lipinski definition) is 2. The maximum atomic E-state index is 15.1. The number of halogens is 3. The molecule has 186 valence electrons. The molecular formula is C29H31F3O3. The van der Waals surface area contributed by atoms with E-state index in [1.165, 1.54) is 12.1 Å². The van der Waals surface area contributed by atoms with E-state index in [9.17, 15) is 14.6 Å². The molecule has 2 N–H and O–H groups in total. The molecule has 0 heterocycles. The third-order valence-corrected chi connectivity index (χ3v) is 6.91. The summed E-state index contributed by atoms with van der Waals surface area (Å²) in [6, 6.07) is 14.2. The van der Waals surface area contributed by atoms with Gasteiger partial charge in [-0.1, -0.05) is 55.8 Å². The van der Waals surface area contributed by atoms with Gasteiger partial charge >= 0.3 is 0 Å². The number of rotatable bonds is 8. The Labute approximate surface area is 204 Å². The Morgan fingerprint density at radius 2 is 1.63 bits per heavy atom. The van der Waals surface area contributed by atoms with Gasteiger partial charge in [0.1, 0.15) is 11.6 Å². The summed E-state index contributed by atoms with van der Waals surface area (Å²) in [7, 11) is 0. The van der Waals surface area contributed by atoms with Gasteiger partial charge < -0.3 is 14.9 Å². The number of ether oxygens (including phenoxy) is 1. The first-order chi connectivity index (χ1) is 16.9. The number of phenolic OH excluding ortho intramolecular Hbond substituents is 1. The normalized spacial score (nSPS) is 19.0. The smallest absolute Gasteiger partial charge is 0.166 e. The van der Waals surface area contributed by atoms with E-state index in [0.29, 0.717) is 48.8 Å². The van der Waals surface area contributed by atoms with Crippen LogP contribution in [0.4, 0.5) is 13.2 Å². The van der Waals surface area contributed by atoms with Crippen LogP contribution < -0.4 is 0 Å². The summed E-state index contributed by atoms with van der Waals surface area (Å²) < 4.78 is 49.8. The Morgan fingerprint density at radius 1 is 0.914 bits per heavy atom. The maximum absolute atomic E-state index is 15.1. The van der Waals surface area contributed by atoms with Crippen molar-refractivity contribution in [1.82, 2.24) is 0 Å². The molecule has 0 saturated heterocycles. The van der Waals surface area contributed by atoms with Gasteiger partial charge in [-0.25, -0.2) is 13.2 Å². The lowest BCUT2D eigenvalue weighted by molar-refractivity contribution is 0.0118. The van der Waals surface area contributed by atoms with E-state index in [1.54, 1.807) is 36.4 Å². The van der Waals surface area contributed by atoms with Crippen LogP contribution in [0.1, 0.15) is 74.2 Å². The van der Waals surface area contributed by atoms with Gasteiger partial charge in [-0.05, 0) is 60.8 Å². The zero-order valence-electron chi connectivity index (χ0n) is 19.8. The highest BCUT2D eigenvalue weighted by Crippen LogP contribution is 2.38. The minimum atomic E-state index is -0.856. The van der Waals surface area contributed by atoms with Gasteiger partial charge in [0.05, 0.1) is 18.8 Å². The molecule has 3 aromatic carbocycles. The van der Waals surface area contributed by atoms with Crippen molar-refractivity contribution in [2.75, 3.05) is 0 Å². The molecule has 0 bridgehead atoms. The van der Waals surface area contributed by atoms with E-state index in [2.05, 4.69) is 0 Å². The lowest BCUT2D eigenvalue weighted by Crippen LogP contribution is -2.21. The highest BCUT2D eigenvalue weighted by atomic mass is 19.2. The molecule has 1 aliphatic rings. The number of benzene rings is 3. The van der Waals surface area contributed by atoms with Crippen LogP contribution in [0, 0.1) is 17.5 Å². The van der Waals surface area contributed by atoms with Crippen LogP contribution in [0.2, 0.25) is 0 Å². The third-order valence-electron chi connectivity index (χ3n) is 6.91. The molecule has 0 amide bonds. The van der Waals surface area contributed by atoms with Crippen LogP contribution in [-0.2, 0) is 11.3 Å². The first kappa shape index (κ1) is 25.3. The Morgan fingerprint density at radius 3 is 2.29 bits per heavy atom. The minimum Gasteiger partial charge on any atom is -0.508 e. The van der Waals surface area contributed by atoms with Crippen molar-refractivity contribution in [1.29, 1.82) is 0 Å². The molecule has 0 aromatic heterocycles. The molecule has 1 fully saturated rings. The minimum absolute atomic E-state index is 0.0757.